The number of halogens is 2. The summed E-state index contributed by atoms with van der Waals surface area (Å²) in [6, 6.07) is 13.9. The number of aromatic nitrogens is 2. The first-order valence-electron chi connectivity index (χ1n) is 9.45. The SMILES string of the molecule is O=C(COc1ccc(Cl)cc1)N[C@H]1CC[C@@H](c2nnc(-c3ccc(Cl)cc3)o2)OC1. The minimum Gasteiger partial charge on any atom is -0.484 e. The van der Waals surface area contributed by atoms with Crippen molar-refractivity contribution in [2.45, 2.75) is 25.0 Å². The van der Waals surface area contributed by atoms with E-state index in [0.717, 1.165) is 12.0 Å². The van der Waals surface area contributed by atoms with E-state index in [0.29, 0.717) is 40.6 Å². The van der Waals surface area contributed by atoms with Crippen LogP contribution in [0, 0.1) is 0 Å². The normalized spacial score (nSPS) is 18.7. The number of carbonyl (C=O) groups excluding carboxylic acids is 1. The molecule has 2 aromatic carbocycles. The maximum atomic E-state index is 12.1. The maximum Gasteiger partial charge on any atom is 0.258 e. The van der Waals surface area contributed by atoms with Crippen LogP contribution in [0.25, 0.3) is 11.5 Å². The second-order valence-electron chi connectivity index (χ2n) is 6.86. The Morgan fingerprint density at radius 2 is 1.73 bits per heavy atom. The quantitative estimate of drug-likeness (QED) is 0.600. The second kappa shape index (κ2) is 9.47. The zero-order valence-electron chi connectivity index (χ0n) is 15.9. The van der Waals surface area contributed by atoms with E-state index in [1.54, 1.807) is 36.4 Å². The summed E-state index contributed by atoms with van der Waals surface area (Å²) in [5.41, 5.74) is 0.791. The van der Waals surface area contributed by atoms with Gasteiger partial charge >= 0.3 is 0 Å². The Kier molecular flexibility index (Phi) is 6.52. The number of nitrogens with zero attached hydrogens (tertiary/aromatic N) is 2. The summed E-state index contributed by atoms with van der Waals surface area (Å²) in [6.45, 7) is 0.283. The van der Waals surface area contributed by atoms with Gasteiger partial charge in [-0.05, 0) is 61.4 Å². The summed E-state index contributed by atoms with van der Waals surface area (Å²) in [4.78, 5) is 12.1. The molecule has 1 aliphatic rings. The highest BCUT2D eigenvalue weighted by Gasteiger charge is 2.28. The van der Waals surface area contributed by atoms with E-state index in [1.165, 1.54) is 0 Å². The summed E-state index contributed by atoms with van der Waals surface area (Å²) in [6.07, 6.45) is 1.10. The van der Waals surface area contributed by atoms with Gasteiger partial charge in [-0.2, -0.15) is 0 Å². The van der Waals surface area contributed by atoms with E-state index in [-0.39, 0.29) is 24.7 Å². The second-order valence-corrected chi connectivity index (χ2v) is 7.73. The van der Waals surface area contributed by atoms with Crippen molar-refractivity contribution >= 4 is 29.1 Å². The molecule has 0 bridgehead atoms. The molecule has 30 heavy (non-hydrogen) atoms. The lowest BCUT2D eigenvalue weighted by molar-refractivity contribution is -0.125. The summed E-state index contributed by atoms with van der Waals surface area (Å²) in [5, 5.41) is 12.4. The Hall–Kier alpha value is -2.61. The molecule has 1 aromatic heterocycles. The fourth-order valence-electron chi connectivity index (χ4n) is 3.08. The third-order valence-electron chi connectivity index (χ3n) is 4.63. The predicted octanol–water partition coefficient (Wildman–Crippen LogP) is 4.46. The largest absolute Gasteiger partial charge is 0.484 e. The first kappa shape index (κ1) is 20.7. The number of hydrogen-bond acceptors (Lipinski definition) is 6. The first-order valence-corrected chi connectivity index (χ1v) is 10.2. The molecule has 2 heterocycles. The number of benzene rings is 2. The molecule has 0 aliphatic carbocycles. The topological polar surface area (TPSA) is 86.5 Å². The lowest BCUT2D eigenvalue weighted by Gasteiger charge is -2.27. The standard InChI is InChI=1S/C21H19Cl2N3O4/c22-14-3-1-13(2-4-14)20-25-26-21(30-20)18-10-7-16(11-29-18)24-19(27)12-28-17-8-5-15(23)6-9-17/h1-6,8-9,16,18H,7,10-12H2,(H,24,27)/t16-,18-/m0/s1. The summed E-state index contributed by atoms with van der Waals surface area (Å²) in [5.74, 6) is 1.22. The third kappa shape index (κ3) is 5.30. The highest BCUT2D eigenvalue weighted by Crippen LogP contribution is 2.29. The molecule has 1 aliphatic heterocycles. The van der Waals surface area contributed by atoms with Gasteiger partial charge in [-0.1, -0.05) is 23.2 Å². The molecular weight excluding hydrogens is 429 g/mol. The zero-order chi connectivity index (χ0) is 20.9. The Morgan fingerprint density at radius 3 is 2.40 bits per heavy atom. The highest BCUT2D eigenvalue weighted by atomic mass is 35.5. The number of amides is 1. The molecule has 7 nitrogen and oxygen atoms in total. The highest BCUT2D eigenvalue weighted by molar-refractivity contribution is 6.30. The van der Waals surface area contributed by atoms with Gasteiger partial charge in [0.05, 0.1) is 12.6 Å². The van der Waals surface area contributed by atoms with Gasteiger partial charge in [0.15, 0.2) is 6.61 Å². The Labute approximate surface area is 183 Å². The minimum absolute atomic E-state index is 0.0737. The van der Waals surface area contributed by atoms with Crippen molar-refractivity contribution in [2.24, 2.45) is 0 Å². The molecule has 9 heteroatoms. The van der Waals surface area contributed by atoms with Gasteiger partial charge < -0.3 is 19.2 Å². The van der Waals surface area contributed by atoms with Gasteiger partial charge in [-0.3, -0.25) is 4.79 Å². The lowest BCUT2D eigenvalue weighted by atomic mass is 10.0. The summed E-state index contributed by atoms with van der Waals surface area (Å²) >= 11 is 11.7. The van der Waals surface area contributed by atoms with Crippen molar-refractivity contribution in [3.63, 3.8) is 0 Å². The van der Waals surface area contributed by atoms with Crippen LogP contribution in [0.15, 0.2) is 52.9 Å². The first-order chi connectivity index (χ1) is 14.6. The van der Waals surface area contributed by atoms with E-state index in [1.807, 2.05) is 12.1 Å². The molecule has 0 saturated carbocycles. The Balaban J connectivity index is 1.24. The van der Waals surface area contributed by atoms with Crippen molar-refractivity contribution in [3.05, 3.63) is 64.5 Å². The van der Waals surface area contributed by atoms with Gasteiger partial charge in [0.2, 0.25) is 11.8 Å². The van der Waals surface area contributed by atoms with E-state index in [9.17, 15) is 4.79 Å². The molecule has 0 unspecified atom stereocenters. The smallest absolute Gasteiger partial charge is 0.258 e. The number of rotatable bonds is 6. The van der Waals surface area contributed by atoms with Crippen LogP contribution >= 0.6 is 23.2 Å². The minimum atomic E-state index is -0.294. The molecule has 1 amide bonds. The maximum absolute atomic E-state index is 12.1. The summed E-state index contributed by atoms with van der Waals surface area (Å²) in [7, 11) is 0. The Morgan fingerprint density at radius 1 is 1.03 bits per heavy atom. The van der Waals surface area contributed by atoms with Crippen molar-refractivity contribution < 1.29 is 18.7 Å². The van der Waals surface area contributed by atoms with E-state index in [4.69, 9.17) is 37.1 Å². The summed E-state index contributed by atoms with van der Waals surface area (Å²) < 4.78 is 17.0. The van der Waals surface area contributed by atoms with Crippen LogP contribution in [-0.4, -0.2) is 35.4 Å². The van der Waals surface area contributed by atoms with Crippen LogP contribution in [0.1, 0.15) is 24.8 Å². The zero-order valence-corrected chi connectivity index (χ0v) is 17.4. The average Bonchev–Trinajstić information content (AvgIpc) is 3.25. The fraction of sp³-hybridized carbons (Fsp3) is 0.286. The molecule has 2 atom stereocenters. The van der Waals surface area contributed by atoms with Gasteiger partial charge in [-0.15, -0.1) is 10.2 Å². The van der Waals surface area contributed by atoms with E-state index >= 15 is 0 Å². The van der Waals surface area contributed by atoms with Gasteiger partial charge in [0, 0.05) is 15.6 Å². The molecule has 0 spiro atoms. The van der Waals surface area contributed by atoms with Crippen LogP contribution in [0.3, 0.4) is 0 Å². The van der Waals surface area contributed by atoms with Crippen LogP contribution in [0.5, 0.6) is 5.75 Å². The van der Waals surface area contributed by atoms with Crippen LogP contribution in [-0.2, 0) is 9.53 Å². The Bertz CT molecular complexity index is 984. The van der Waals surface area contributed by atoms with Crippen LogP contribution in [0.2, 0.25) is 10.0 Å². The lowest BCUT2D eigenvalue weighted by Crippen LogP contribution is -2.43. The molecule has 4 rings (SSSR count). The predicted molar refractivity (Wildman–Crippen MR) is 112 cm³/mol. The number of hydrogen-bond donors (Lipinski definition) is 1. The van der Waals surface area contributed by atoms with Gasteiger partial charge in [0.1, 0.15) is 11.9 Å². The molecular formula is C21H19Cl2N3O4. The number of nitrogens with one attached hydrogen (secondary N) is 1. The number of carbonyl (C=O) groups is 1. The monoisotopic (exact) mass is 447 g/mol. The van der Waals surface area contributed by atoms with Crippen molar-refractivity contribution in [1.82, 2.24) is 15.5 Å². The molecule has 1 fully saturated rings. The molecule has 1 N–H and O–H groups in total. The average molecular weight is 448 g/mol. The molecule has 0 radical (unpaired) electrons. The van der Waals surface area contributed by atoms with Crippen LogP contribution < -0.4 is 10.1 Å². The molecule has 156 valence electrons. The molecule has 3 aromatic rings. The van der Waals surface area contributed by atoms with E-state index < -0.39 is 0 Å². The fourth-order valence-corrected chi connectivity index (χ4v) is 3.33. The van der Waals surface area contributed by atoms with Gasteiger partial charge in [0.25, 0.3) is 5.91 Å². The van der Waals surface area contributed by atoms with Crippen molar-refractivity contribution in [2.75, 3.05) is 13.2 Å². The third-order valence-corrected chi connectivity index (χ3v) is 5.14. The molecule has 1 saturated heterocycles. The van der Waals surface area contributed by atoms with Crippen LogP contribution in [0.4, 0.5) is 0 Å². The van der Waals surface area contributed by atoms with Gasteiger partial charge in [-0.25, -0.2) is 0 Å². The van der Waals surface area contributed by atoms with Crippen molar-refractivity contribution in [1.29, 1.82) is 0 Å². The van der Waals surface area contributed by atoms with Crippen molar-refractivity contribution in [3.8, 4) is 17.2 Å². The van der Waals surface area contributed by atoms with E-state index in [2.05, 4.69) is 15.5 Å². The number of ether oxygens (including phenoxy) is 2.